The zero-order valence-corrected chi connectivity index (χ0v) is 11.6. The minimum Gasteiger partial charge on any atom is -0.192 e. The SMILES string of the molecule is CSC1CCC(/C=C/c2ccc(C#N)cc2)CC1. The van der Waals surface area contributed by atoms with Gasteiger partial charge in [-0.3, -0.25) is 0 Å². The van der Waals surface area contributed by atoms with Crippen molar-refractivity contribution in [1.82, 2.24) is 0 Å². The molecule has 0 unspecified atom stereocenters. The smallest absolute Gasteiger partial charge is 0.0991 e. The number of benzene rings is 1. The van der Waals surface area contributed by atoms with Crippen molar-refractivity contribution in [3.05, 3.63) is 41.5 Å². The fourth-order valence-electron chi connectivity index (χ4n) is 2.43. The van der Waals surface area contributed by atoms with E-state index in [-0.39, 0.29) is 0 Å². The van der Waals surface area contributed by atoms with Gasteiger partial charge in [0, 0.05) is 5.25 Å². The van der Waals surface area contributed by atoms with Crippen molar-refractivity contribution in [3.63, 3.8) is 0 Å². The van der Waals surface area contributed by atoms with E-state index >= 15 is 0 Å². The van der Waals surface area contributed by atoms with Crippen LogP contribution >= 0.6 is 11.8 Å². The molecule has 0 N–H and O–H groups in total. The van der Waals surface area contributed by atoms with Crippen LogP contribution in [0, 0.1) is 17.2 Å². The molecular formula is C16H19NS. The molecule has 1 aliphatic rings. The van der Waals surface area contributed by atoms with Gasteiger partial charge in [0.2, 0.25) is 0 Å². The standard InChI is InChI=1S/C16H19NS/c1-18-16-10-8-14(9-11-16)3-2-13-4-6-15(12-17)7-5-13/h2-7,14,16H,8-11H2,1H3/b3-2+. The average molecular weight is 257 g/mol. The third kappa shape index (κ3) is 3.65. The van der Waals surface area contributed by atoms with Crippen molar-refractivity contribution in [3.8, 4) is 6.07 Å². The summed E-state index contributed by atoms with van der Waals surface area (Å²) in [5, 5.41) is 9.62. The Balaban J connectivity index is 1.89. The van der Waals surface area contributed by atoms with Crippen molar-refractivity contribution in [2.45, 2.75) is 30.9 Å². The van der Waals surface area contributed by atoms with E-state index in [0.29, 0.717) is 0 Å². The first-order chi connectivity index (χ1) is 8.81. The van der Waals surface area contributed by atoms with Crippen LogP contribution in [0.15, 0.2) is 30.3 Å². The van der Waals surface area contributed by atoms with Crippen molar-refractivity contribution in [2.75, 3.05) is 6.26 Å². The average Bonchev–Trinajstić information content (AvgIpc) is 2.46. The van der Waals surface area contributed by atoms with Crippen molar-refractivity contribution in [1.29, 1.82) is 5.26 Å². The molecule has 0 bridgehead atoms. The van der Waals surface area contributed by atoms with E-state index in [0.717, 1.165) is 16.7 Å². The van der Waals surface area contributed by atoms with Crippen molar-refractivity contribution < 1.29 is 0 Å². The van der Waals surface area contributed by atoms with Crippen LogP contribution in [0.4, 0.5) is 0 Å². The Bertz CT molecular complexity index is 433. The Kier molecular flexibility index (Phi) is 4.90. The van der Waals surface area contributed by atoms with Gasteiger partial charge in [-0.15, -0.1) is 0 Å². The van der Waals surface area contributed by atoms with Crippen LogP contribution in [0.5, 0.6) is 0 Å². The third-order valence-corrected chi connectivity index (χ3v) is 4.79. The fraction of sp³-hybridized carbons (Fsp3) is 0.438. The maximum absolute atomic E-state index is 8.74. The highest BCUT2D eigenvalue weighted by Gasteiger charge is 2.18. The fourth-order valence-corrected chi connectivity index (χ4v) is 3.18. The van der Waals surface area contributed by atoms with Crippen LogP contribution in [-0.2, 0) is 0 Å². The molecule has 1 aliphatic carbocycles. The maximum Gasteiger partial charge on any atom is 0.0991 e. The van der Waals surface area contributed by atoms with E-state index in [2.05, 4.69) is 24.5 Å². The topological polar surface area (TPSA) is 23.8 Å². The van der Waals surface area contributed by atoms with E-state index < -0.39 is 0 Å². The van der Waals surface area contributed by atoms with Gasteiger partial charge in [-0.2, -0.15) is 17.0 Å². The van der Waals surface area contributed by atoms with Crippen LogP contribution in [0.25, 0.3) is 6.08 Å². The van der Waals surface area contributed by atoms with Gasteiger partial charge < -0.3 is 0 Å². The Morgan fingerprint density at radius 1 is 1.17 bits per heavy atom. The number of allylic oxidation sites excluding steroid dienone is 1. The molecule has 1 aromatic carbocycles. The molecule has 0 aliphatic heterocycles. The number of nitriles is 1. The summed E-state index contributed by atoms with van der Waals surface area (Å²) in [5.41, 5.74) is 1.92. The van der Waals surface area contributed by atoms with Gasteiger partial charge in [0.05, 0.1) is 11.6 Å². The molecule has 2 heteroatoms. The Morgan fingerprint density at radius 2 is 1.83 bits per heavy atom. The second-order valence-electron chi connectivity index (χ2n) is 4.87. The van der Waals surface area contributed by atoms with Gasteiger partial charge in [-0.05, 0) is 55.6 Å². The Labute approximate surface area is 114 Å². The molecule has 0 amide bonds. The summed E-state index contributed by atoms with van der Waals surface area (Å²) in [5.74, 6) is 0.740. The molecular weight excluding hydrogens is 238 g/mol. The summed E-state index contributed by atoms with van der Waals surface area (Å²) in [4.78, 5) is 0. The highest BCUT2D eigenvalue weighted by molar-refractivity contribution is 7.99. The summed E-state index contributed by atoms with van der Waals surface area (Å²) >= 11 is 2.01. The first-order valence-corrected chi connectivity index (χ1v) is 7.82. The first-order valence-electron chi connectivity index (χ1n) is 6.53. The van der Waals surface area contributed by atoms with Crippen LogP contribution in [0.3, 0.4) is 0 Å². The molecule has 1 saturated carbocycles. The molecule has 0 aromatic heterocycles. The van der Waals surface area contributed by atoms with Gasteiger partial charge in [0.1, 0.15) is 0 Å². The number of rotatable bonds is 3. The number of thioether (sulfide) groups is 1. The molecule has 1 aromatic rings. The quantitative estimate of drug-likeness (QED) is 0.796. The molecule has 18 heavy (non-hydrogen) atoms. The van der Waals surface area contributed by atoms with E-state index in [9.17, 15) is 0 Å². The van der Waals surface area contributed by atoms with E-state index in [1.807, 2.05) is 36.0 Å². The van der Waals surface area contributed by atoms with E-state index in [1.165, 1.54) is 31.2 Å². The molecule has 0 saturated heterocycles. The Hall–Kier alpha value is -1.20. The molecule has 0 spiro atoms. The lowest BCUT2D eigenvalue weighted by atomic mass is 9.88. The first kappa shape index (κ1) is 13.2. The third-order valence-electron chi connectivity index (χ3n) is 3.65. The normalized spacial score (nSPS) is 24.0. The van der Waals surface area contributed by atoms with E-state index in [1.54, 1.807) is 0 Å². The highest BCUT2D eigenvalue weighted by Crippen LogP contribution is 2.31. The van der Waals surface area contributed by atoms with Crippen molar-refractivity contribution >= 4 is 17.8 Å². The van der Waals surface area contributed by atoms with Crippen LogP contribution in [-0.4, -0.2) is 11.5 Å². The minimum absolute atomic E-state index is 0.729. The zero-order chi connectivity index (χ0) is 12.8. The monoisotopic (exact) mass is 257 g/mol. The summed E-state index contributed by atoms with van der Waals surface area (Å²) in [6.07, 6.45) is 12.1. The Morgan fingerprint density at radius 3 is 2.39 bits per heavy atom. The highest BCUT2D eigenvalue weighted by atomic mass is 32.2. The van der Waals surface area contributed by atoms with Gasteiger partial charge in [0.15, 0.2) is 0 Å². The number of nitrogens with zero attached hydrogens (tertiary/aromatic N) is 1. The molecule has 0 heterocycles. The molecule has 0 atom stereocenters. The summed E-state index contributed by atoms with van der Waals surface area (Å²) in [6, 6.07) is 9.94. The van der Waals surface area contributed by atoms with Gasteiger partial charge >= 0.3 is 0 Å². The summed E-state index contributed by atoms with van der Waals surface area (Å²) < 4.78 is 0. The van der Waals surface area contributed by atoms with Gasteiger partial charge in [-0.25, -0.2) is 0 Å². The van der Waals surface area contributed by atoms with E-state index in [4.69, 9.17) is 5.26 Å². The van der Waals surface area contributed by atoms with Crippen LogP contribution in [0.1, 0.15) is 36.8 Å². The zero-order valence-electron chi connectivity index (χ0n) is 10.8. The lowest BCUT2D eigenvalue weighted by Gasteiger charge is -2.25. The van der Waals surface area contributed by atoms with Crippen LogP contribution < -0.4 is 0 Å². The predicted molar refractivity (Wildman–Crippen MR) is 79.5 cm³/mol. The molecule has 0 radical (unpaired) electrons. The van der Waals surface area contributed by atoms with Crippen molar-refractivity contribution in [2.24, 2.45) is 5.92 Å². The lowest BCUT2D eigenvalue weighted by molar-refractivity contribution is 0.430. The number of hydrogen-bond donors (Lipinski definition) is 0. The predicted octanol–water partition coefficient (Wildman–Crippen LogP) is 4.49. The molecule has 1 nitrogen and oxygen atoms in total. The number of hydrogen-bond acceptors (Lipinski definition) is 2. The lowest BCUT2D eigenvalue weighted by Crippen LogP contribution is -2.14. The van der Waals surface area contributed by atoms with Gasteiger partial charge in [-0.1, -0.05) is 24.3 Å². The second-order valence-corrected chi connectivity index (χ2v) is 6.00. The molecule has 94 valence electrons. The molecule has 2 rings (SSSR count). The minimum atomic E-state index is 0.729. The molecule has 1 fully saturated rings. The van der Waals surface area contributed by atoms with Crippen LogP contribution in [0.2, 0.25) is 0 Å². The summed E-state index contributed by atoms with van der Waals surface area (Å²) in [6.45, 7) is 0. The summed E-state index contributed by atoms with van der Waals surface area (Å²) in [7, 11) is 0. The maximum atomic E-state index is 8.74. The van der Waals surface area contributed by atoms with Gasteiger partial charge in [0.25, 0.3) is 0 Å². The second kappa shape index (κ2) is 6.66. The largest absolute Gasteiger partial charge is 0.192 e.